The minimum Gasteiger partial charge on any atom is -0.496 e. The lowest BCUT2D eigenvalue weighted by Crippen LogP contribution is -1.98. The molecule has 0 aliphatic carbocycles. The Bertz CT molecular complexity index is 795. The molecule has 0 fully saturated rings. The molecule has 3 rings (SSSR count). The Hall–Kier alpha value is -2.20. The zero-order valence-corrected chi connectivity index (χ0v) is 12.0. The average Bonchev–Trinajstić information content (AvgIpc) is 2.77. The van der Waals surface area contributed by atoms with E-state index in [9.17, 15) is 0 Å². The van der Waals surface area contributed by atoms with Gasteiger partial charge in [0.2, 0.25) is 0 Å². The number of imidazole rings is 1. The summed E-state index contributed by atoms with van der Waals surface area (Å²) in [6.07, 6.45) is 0. The maximum Gasteiger partial charge on any atom is 0.139 e. The molecule has 0 radical (unpaired) electrons. The Balaban J connectivity index is 2.36. The van der Waals surface area contributed by atoms with Crippen molar-refractivity contribution < 1.29 is 4.74 Å². The van der Waals surface area contributed by atoms with Gasteiger partial charge in [0.05, 0.1) is 17.7 Å². The topological polar surface area (TPSA) is 52.5 Å². The van der Waals surface area contributed by atoms with Gasteiger partial charge in [-0.25, -0.2) is 4.98 Å². The first-order valence-corrected chi connectivity index (χ1v) is 6.57. The highest BCUT2D eigenvalue weighted by molar-refractivity contribution is 6.33. The number of aryl methyl sites for hydroxylation is 1. The third kappa shape index (κ3) is 1.80. The van der Waals surface area contributed by atoms with Crippen LogP contribution in [0.2, 0.25) is 5.02 Å². The Labute approximate surface area is 121 Å². The molecular weight excluding hydrogens is 274 g/mol. The van der Waals surface area contributed by atoms with Crippen molar-refractivity contribution in [2.24, 2.45) is 0 Å². The highest BCUT2D eigenvalue weighted by Gasteiger charge is 2.18. The molecule has 2 heterocycles. The Morgan fingerprint density at radius 2 is 1.95 bits per heavy atom. The first kappa shape index (κ1) is 12.8. The number of anilines is 1. The molecule has 3 aromatic rings. The van der Waals surface area contributed by atoms with E-state index in [1.54, 1.807) is 13.2 Å². The number of pyridine rings is 1. The van der Waals surface area contributed by atoms with E-state index in [-0.39, 0.29) is 0 Å². The molecule has 0 spiro atoms. The zero-order chi connectivity index (χ0) is 14.3. The van der Waals surface area contributed by atoms with E-state index in [2.05, 4.69) is 4.98 Å². The van der Waals surface area contributed by atoms with Crippen molar-refractivity contribution in [2.75, 3.05) is 12.8 Å². The quantitative estimate of drug-likeness (QED) is 0.784. The number of halogens is 1. The minimum atomic E-state index is 0.560. The SMILES string of the molecule is COc1cccc(Cl)c1-c1nc2cccc(C)n2c1N. The number of nitrogen functional groups attached to an aromatic ring is 1. The molecule has 0 amide bonds. The number of methoxy groups -OCH3 is 1. The third-order valence-electron chi connectivity index (χ3n) is 3.31. The van der Waals surface area contributed by atoms with Gasteiger partial charge >= 0.3 is 0 Å². The van der Waals surface area contributed by atoms with E-state index >= 15 is 0 Å². The van der Waals surface area contributed by atoms with Crippen LogP contribution in [0.15, 0.2) is 36.4 Å². The molecule has 2 aromatic heterocycles. The van der Waals surface area contributed by atoms with Crippen molar-refractivity contribution in [2.45, 2.75) is 6.92 Å². The summed E-state index contributed by atoms with van der Waals surface area (Å²) in [5.41, 5.74) is 9.42. The van der Waals surface area contributed by atoms with E-state index in [4.69, 9.17) is 22.1 Å². The van der Waals surface area contributed by atoms with Crippen molar-refractivity contribution >= 4 is 23.1 Å². The molecule has 0 saturated carbocycles. The average molecular weight is 288 g/mol. The van der Waals surface area contributed by atoms with Crippen LogP contribution in [0.1, 0.15) is 5.69 Å². The number of hydrogen-bond donors (Lipinski definition) is 1. The molecule has 20 heavy (non-hydrogen) atoms. The second-order valence-corrected chi connectivity index (χ2v) is 4.93. The lowest BCUT2D eigenvalue weighted by molar-refractivity contribution is 0.416. The van der Waals surface area contributed by atoms with Crippen LogP contribution in [0.4, 0.5) is 5.82 Å². The molecule has 0 atom stereocenters. The molecule has 5 heteroatoms. The second-order valence-electron chi connectivity index (χ2n) is 4.52. The molecule has 0 saturated heterocycles. The largest absolute Gasteiger partial charge is 0.496 e. The van der Waals surface area contributed by atoms with Crippen molar-refractivity contribution in [3.63, 3.8) is 0 Å². The Kier molecular flexibility index (Phi) is 3.03. The zero-order valence-electron chi connectivity index (χ0n) is 11.2. The van der Waals surface area contributed by atoms with Gasteiger partial charge in [0, 0.05) is 5.69 Å². The normalized spacial score (nSPS) is 10.9. The summed E-state index contributed by atoms with van der Waals surface area (Å²) in [7, 11) is 1.60. The number of nitrogens with zero attached hydrogens (tertiary/aromatic N) is 2. The van der Waals surface area contributed by atoms with Crippen LogP contribution in [-0.2, 0) is 0 Å². The highest BCUT2D eigenvalue weighted by Crippen LogP contribution is 2.39. The highest BCUT2D eigenvalue weighted by atomic mass is 35.5. The van der Waals surface area contributed by atoms with Gasteiger partial charge in [-0.05, 0) is 31.2 Å². The predicted octanol–water partition coefficient (Wildman–Crippen LogP) is 3.55. The van der Waals surface area contributed by atoms with E-state index in [0.29, 0.717) is 22.3 Å². The van der Waals surface area contributed by atoms with Gasteiger partial charge in [-0.1, -0.05) is 23.7 Å². The summed E-state index contributed by atoms with van der Waals surface area (Å²) in [5.74, 6) is 1.22. The number of nitrogens with two attached hydrogens (primary N) is 1. The Morgan fingerprint density at radius 3 is 2.65 bits per heavy atom. The number of hydrogen-bond acceptors (Lipinski definition) is 3. The summed E-state index contributed by atoms with van der Waals surface area (Å²) in [4.78, 5) is 4.59. The van der Waals surface area contributed by atoms with Gasteiger partial charge in [-0.15, -0.1) is 0 Å². The number of fused-ring (bicyclic) bond motifs is 1. The van der Waals surface area contributed by atoms with Crippen molar-refractivity contribution in [1.82, 2.24) is 9.38 Å². The third-order valence-corrected chi connectivity index (χ3v) is 3.62. The number of aromatic nitrogens is 2. The van der Waals surface area contributed by atoms with Gasteiger partial charge < -0.3 is 10.5 Å². The predicted molar refractivity (Wildman–Crippen MR) is 81.3 cm³/mol. The summed E-state index contributed by atoms with van der Waals surface area (Å²) in [5, 5.41) is 0.567. The molecule has 4 nitrogen and oxygen atoms in total. The monoisotopic (exact) mass is 287 g/mol. The van der Waals surface area contributed by atoms with Crippen molar-refractivity contribution in [1.29, 1.82) is 0 Å². The van der Waals surface area contributed by atoms with Gasteiger partial charge in [-0.3, -0.25) is 4.40 Å². The maximum absolute atomic E-state index is 6.30. The summed E-state index contributed by atoms with van der Waals surface area (Å²) in [6, 6.07) is 11.3. The van der Waals surface area contributed by atoms with Crippen molar-refractivity contribution in [3.05, 3.63) is 47.1 Å². The van der Waals surface area contributed by atoms with E-state index in [1.807, 2.05) is 41.7 Å². The molecule has 0 aliphatic heterocycles. The summed E-state index contributed by atoms with van der Waals surface area (Å²) in [6.45, 7) is 1.98. The molecule has 2 N–H and O–H groups in total. The summed E-state index contributed by atoms with van der Waals surface area (Å²) < 4.78 is 7.27. The first-order valence-electron chi connectivity index (χ1n) is 6.20. The van der Waals surface area contributed by atoms with Crippen LogP contribution < -0.4 is 10.5 Å². The number of benzene rings is 1. The molecule has 1 aromatic carbocycles. The smallest absolute Gasteiger partial charge is 0.139 e. The van der Waals surface area contributed by atoms with Gasteiger partial charge in [-0.2, -0.15) is 0 Å². The number of ether oxygens (including phenoxy) is 1. The van der Waals surface area contributed by atoms with Crippen molar-refractivity contribution in [3.8, 4) is 17.0 Å². The minimum absolute atomic E-state index is 0.560. The fraction of sp³-hybridized carbons (Fsp3) is 0.133. The fourth-order valence-electron chi connectivity index (χ4n) is 2.37. The van der Waals surface area contributed by atoms with E-state index < -0.39 is 0 Å². The van der Waals surface area contributed by atoms with Gasteiger partial charge in [0.15, 0.2) is 0 Å². The summed E-state index contributed by atoms with van der Waals surface area (Å²) >= 11 is 6.30. The van der Waals surface area contributed by atoms with Gasteiger partial charge in [0.1, 0.15) is 22.9 Å². The second kappa shape index (κ2) is 4.72. The van der Waals surface area contributed by atoms with Crippen LogP contribution >= 0.6 is 11.6 Å². The molecule has 0 aliphatic rings. The number of rotatable bonds is 2. The standard InChI is InChI=1S/C15H14ClN3O/c1-9-5-3-8-12-18-14(15(17)19(9)12)13-10(16)6-4-7-11(13)20-2/h3-8H,17H2,1-2H3. The molecule has 102 valence electrons. The van der Waals surface area contributed by atoms with Crippen LogP contribution in [0.25, 0.3) is 16.9 Å². The molecular formula is C15H14ClN3O. The van der Waals surface area contributed by atoms with E-state index in [0.717, 1.165) is 16.9 Å². The van der Waals surface area contributed by atoms with Gasteiger partial charge in [0.25, 0.3) is 0 Å². The van der Waals surface area contributed by atoms with Crippen LogP contribution in [0, 0.1) is 6.92 Å². The lowest BCUT2D eigenvalue weighted by atomic mass is 10.1. The lowest BCUT2D eigenvalue weighted by Gasteiger charge is -2.09. The molecule has 0 bridgehead atoms. The fourth-order valence-corrected chi connectivity index (χ4v) is 2.63. The molecule has 0 unspecified atom stereocenters. The maximum atomic E-state index is 6.30. The first-order chi connectivity index (χ1) is 9.63. The van der Waals surface area contributed by atoms with Crippen LogP contribution in [0.3, 0.4) is 0 Å². The van der Waals surface area contributed by atoms with Crippen LogP contribution in [-0.4, -0.2) is 16.5 Å². The van der Waals surface area contributed by atoms with Crippen LogP contribution in [0.5, 0.6) is 5.75 Å². The van der Waals surface area contributed by atoms with E-state index in [1.165, 1.54) is 0 Å². The Morgan fingerprint density at radius 1 is 1.20 bits per heavy atom.